The highest BCUT2D eigenvalue weighted by Gasteiger charge is 2.33. The van der Waals surface area contributed by atoms with Crippen LogP contribution in [0.15, 0.2) is 81.7 Å². The van der Waals surface area contributed by atoms with Crippen molar-refractivity contribution in [3.63, 3.8) is 0 Å². The average molecular weight is 694 g/mol. The lowest BCUT2D eigenvalue weighted by atomic mass is 10.0. The number of anilines is 1. The van der Waals surface area contributed by atoms with Crippen LogP contribution in [0.1, 0.15) is 30.5 Å². The van der Waals surface area contributed by atoms with Crippen LogP contribution < -0.4 is 9.62 Å². The maximum atomic E-state index is 14.1. The van der Waals surface area contributed by atoms with Gasteiger partial charge in [-0.1, -0.05) is 88.2 Å². The van der Waals surface area contributed by atoms with Crippen molar-refractivity contribution in [2.24, 2.45) is 5.92 Å². The number of aryl methyl sites for hydroxylation is 1. The molecule has 0 aliphatic rings. The largest absolute Gasteiger partial charge is 0.354 e. The molecule has 0 aliphatic heterocycles. The standard InChI is InChI=1S/C30H35Br2N3O4S/c1-21(2)18-33-30(37)28(17-23-9-6-5-7-10-23)34(19-24-11-8-12-25(31)16-24)29(36)20-35(40(4,38)39)26-13-14-27(32)22(3)15-26/h5-16,21,28H,17-20H2,1-4H3,(H,33,37). The summed E-state index contributed by atoms with van der Waals surface area (Å²) >= 11 is 6.93. The first-order chi connectivity index (χ1) is 18.8. The van der Waals surface area contributed by atoms with Crippen LogP contribution in [0.5, 0.6) is 0 Å². The number of amides is 2. The van der Waals surface area contributed by atoms with Gasteiger partial charge < -0.3 is 10.2 Å². The summed E-state index contributed by atoms with van der Waals surface area (Å²) in [6.45, 7) is 5.99. The Balaban J connectivity index is 2.06. The van der Waals surface area contributed by atoms with E-state index in [9.17, 15) is 18.0 Å². The second kappa shape index (κ2) is 14.3. The van der Waals surface area contributed by atoms with Crippen molar-refractivity contribution in [2.75, 3.05) is 23.7 Å². The minimum Gasteiger partial charge on any atom is -0.354 e. The summed E-state index contributed by atoms with van der Waals surface area (Å²) in [6, 6.07) is 21.3. The molecule has 10 heteroatoms. The van der Waals surface area contributed by atoms with Crippen LogP contribution in [0, 0.1) is 12.8 Å². The molecule has 214 valence electrons. The predicted molar refractivity (Wildman–Crippen MR) is 168 cm³/mol. The molecule has 0 heterocycles. The van der Waals surface area contributed by atoms with Crippen molar-refractivity contribution in [1.29, 1.82) is 0 Å². The minimum atomic E-state index is -3.82. The van der Waals surface area contributed by atoms with Crippen molar-refractivity contribution in [2.45, 2.75) is 39.8 Å². The topological polar surface area (TPSA) is 86.8 Å². The highest BCUT2D eigenvalue weighted by atomic mass is 79.9. The smallest absolute Gasteiger partial charge is 0.244 e. The lowest BCUT2D eigenvalue weighted by Gasteiger charge is -2.33. The number of sulfonamides is 1. The zero-order chi connectivity index (χ0) is 29.4. The molecule has 0 fully saturated rings. The highest BCUT2D eigenvalue weighted by molar-refractivity contribution is 9.10. The number of hydrogen-bond donors (Lipinski definition) is 1. The summed E-state index contributed by atoms with van der Waals surface area (Å²) in [7, 11) is -3.82. The van der Waals surface area contributed by atoms with Crippen LogP contribution in [-0.2, 0) is 32.6 Å². The fourth-order valence-electron chi connectivity index (χ4n) is 4.21. The Morgan fingerprint density at radius 1 is 0.925 bits per heavy atom. The Kier molecular flexibility index (Phi) is 11.4. The van der Waals surface area contributed by atoms with Crippen LogP contribution in [-0.4, -0.2) is 50.5 Å². The molecule has 0 aliphatic carbocycles. The van der Waals surface area contributed by atoms with Gasteiger partial charge in [-0.05, 0) is 59.9 Å². The van der Waals surface area contributed by atoms with Crippen molar-refractivity contribution < 1.29 is 18.0 Å². The van der Waals surface area contributed by atoms with Gasteiger partial charge in [-0.3, -0.25) is 13.9 Å². The maximum Gasteiger partial charge on any atom is 0.244 e. The SMILES string of the molecule is Cc1cc(N(CC(=O)N(Cc2cccc(Br)c2)C(Cc2ccccc2)C(=O)NCC(C)C)S(C)(=O)=O)ccc1Br. The van der Waals surface area contributed by atoms with E-state index < -0.39 is 28.5 Å². The number of nitrogens with one attached hydrogen (secondary N) is 1. The molecule has 1 unspecified atom stereocenters. The van der Waals surface area contributed by atoms with Crippen LogP contribution in [0.3, 0.4) is 0 Å². The van der Waals surface area contributed by atoms with E-state index >= 15 is 0 Å². The molecular weight excluding hydrogens is 658 g/mol. The van der Waals surface area contributed by atoms with Crippen molar-refractivity contribution in [3.8, 4) is 0 Å². The van der Waals surface area contributed by atoms with Gasteiger partial charge in [-0.15, -0.1) is 0 Å². The van der Waals surface area contributed by atoms with E-state index in [1.165, 1.54) is 4.90 Å². The fraction of sp³-hybridized carbons (Fsp3) is 0.333. The van der Waals surface area contributed by atoms with Crippen LogP contribution in [0.2, 0.25) is 0 Å². The first kappa shape index (κ1) is 31.8. The number of carbonyl (C=O) groups is 2. The number of hydrogen-bond acceptors (Lipinski definition) is 4. The molecule has 0 saturated heterocycles. The number of halogens is 2. The number of rotatable bonds is 12. The summed E-state index contributed by atoms with van der Waals surface area (Å²) < 4.78 is 28.6. The quantitative estimate of drug-likeness (QED) is 0.264. The van der Waals surface area contributed by atoms with E-state index in [1.54, 1.807) is 18.2 Å². The molecule has 3 aromatic rings. The first-order valence-electron chi connectivity index (χ1n) is 12.9. The van der Waals surface area contributed by atoms with E-state index in [-0.39, 0.29) is 24.8 Å². The van der Waals surface area contributed by atoms with Gasteiger partial charge in [0.2, 0.25) is 21.8 Å². The first-order valence-corrected chi connectivity index (χ1v) is 16.4. The Morgan fingerprint density at radius 3 is 2.20 bits per heavy atom. The molecule has 3 rings (SSSR count). The monoisotopic (exact) mass is 691 g/mol. The van der Waals surface area contributed by atoms with E-state index in [4.69, 9.17) is 0 Å². The molecule has 0 saturated carbocycles. The summed E-state index contributed by atoms with van der Waals surface area (Å²) in [5.41, 5.74) is 2.91. The van der Waals surface area contributed by atoms with E-state index in [0.717, 1.165) is 36.2 Å². The zero-order valence-corrected chi connectivity index (χ0v) is 27.1. The van der Waals surface area contributed by atoms with Crippen LogP contribution in [0.25, 0.3) is 0 Å². The van der Waals surface area contributed by atoms with Gasteiger partial charge in [-0.2, -0.15) is 0 Å². The molecule has 40 heavy (non-hydrogen) atoms. The number of nitrogens with zero attached hydrogens (tertiary/aromatic N) is 2. The third-order valence-corrected chi connectivity index (χ3v) is 8.83. The van der Waals surface area contributed by atoms with Crippen LogP contribution >= 0.6 is 31.9 Å². The molecule has 3 aromatic carbocycles. The maximum absolute atomic E-state index is 14.1. The van der Waals surface area contributed by atoms with Crippen molar-refractivity contribution in [3.05, 3.63) is 98.4 Å². The molecule has 2 amide bonds. The Hall–Kier alpha value is -2.69. The van der Waals surface area contributed by atoms with E-state index in [2.05, 4.69) is 37.2 Å². The van der Waals surface area contributed by atoms with Crippen LogP contribution in [0.4, 0.5) is 5.69 Å². The Bertz CT molecular complexity index is 1430. The fourth-order valence-corrected chi connectivity index (χ4v) is 5.74. The van der Waals surface area contributed by atoms with Gasteiger partial charge in [0, 0.05) is 28.5 Å². The normalized spacial score (nSPS) is 12.2. The number of carbonyl (C=O) groups excluding carboxylic acids is 2. The third-order valence-electron chi connectivity index (χ3n) is 6.31. The summed E-state index contributed by atoms with van der Waals surface area (Å²) in [6.07, 6.45) is 1.36. The molecule has 0 spiro atoms. The molecule has 0 bridgehead atoms. The molecule has 7 nitrogen and oxygen atoms in total. The van der Waals surface area contributed by atoms with Gasteiger partial charge >= 0.3 is 0 Å². The van der Waals surface area contributed by atoms with Gasteiger partial charge in [-0.25, -0.2) is 8.42 Å². The molecule has 1 N–H and O–H groups in total. The highest BCUT2D eigenvalue weighted by Crippen LogP contribution is 2.26. The molecule has 0 radical (unpaired) electrons. The Morgan fingerprint density at radius 2 is 1.60 bits per heavy atom. The van der Waals surface area contributed by atoms with E-state index in [0.29, 0.717) is 12.2 Å². The molecular formula is C30H35Br2N3O4S. The molecule has 0 aromatic heterocycles. The van der Waals surface area contributed by atoms with Gasteiger partial charge in [0.05, 0.1) is 11.9 Å². The second-order valence-corrected chi connectivity index (χ2v) is 13.9. The lowest BCUT2D eigenvalue weighted by Crippen LogP contribution is -2.53. The van der Waals surface area contributed by atoms with Gasteiger partial charge in [0.25, 0.3) is 0 Å². The zero-order valence-electron chi connectivity index (χ0n) is 23.1. The van der Waals surface area contributed by atoms with Gasteiger partial charge in [0.15, 0.2) is 0 Å². The summed E-state index contributed by atoms with van der Waals surface area (Å²) in [5, 5.41) is 2.98. The van der Waals surface area contributed by atoms with E-state index in [1.807, 2.05) is 75.4 Å². The third kappa shape index (κ3) is 9.17. The average Bonchev–Trinajstić information content (AvgIpc) is 2.89. The second-order valence-electron chi connectivity index (χ2n) is 10.2. The van der Waals surface area contributed by atoms with Crippen molar-refractivity contribution >= 4 is 59.4 Å². The molecule has 1 atom stereocenters. The van der Waals surface area contributed by atoms with Crippen molar-refractivity contribution in [1.82, 2.24) is 10.2 Å². The Labute approximate surface area is 254 Å². The summed E-state index contributed by atoms with van der Waals surface area (Å²) in [5.74, 6) is -0.546. The summed E-state index contributed by atoms with van der Waals surface area (Å²) in [4.78, 5) is 29.2. The van der Waals surface area contributed by atoms with Gasteiger partial charge in [0.1, 0.15) is 12.6 Å². The predicted octanol–water partition coefficient (Wildman–Crippen LogP) is 5.70. The minimum absolute atomic E-state index is 0.127. The lowest BCUT2D eigenvalue weighted by molar-refractivity contribution is -0.140. The number of benzene rings is 3.